The largest absolute Gasteiger partial charge is 0.465 e. The number of nitrogens with zero attached hydrogens (tertiary/aromatic N) is 2. The van der Waals surface area contributed by atoms with Crippen LogP contribution in [0.3, 0.4) is 0 Å². The van der Waals surface area contributed by atoms with Crippen LogP contribution in [-0.4, -0.2) is 24.1 Å². The quantitative estimate of drug-likeness (QED) is 0.901. The molecule has 1 aromatic rings. The summed E-state index contributed by atoms with van der Waals surface area (Å²) in [5, 5.41) is 0.946. The van der Waals surface area contributed by atoms with Crippen LogP contribution < -0.4 is 5.73 Å². The molecule has 0 unspecified atom stereocenters. The Morgan fingerprint density at radius 1 is 1.47 bits per heavy atom. The molecule has 2 N–H and O–H groups in total. The lowest BCUT2D eigenvalue weighted by molar-refractivity contribution is 0.257. The number of nitrogens with two attached hydrogens (primary N) is 1. The van der Waals surface area contributed by atoms with Gasteiger partial charge in [-0.2, -0.15) is 4.99 Å². The Morgan fingerprint density at radius 2 is 2.26 bits per heavy atom. The van der Waals surface area contributed by atoms with E-state index in [1.807, 2.05) is 0 Å². The normalized spacial score (nSPS) is 16.5. The fraction of sp³-hybridized carbons (Fsp3) is 0.462. The first-order valence-corrected chi connectivity index (χ1v) is 8.02. The van der Waals surface area contributed by atoms with Crippen LogP contribution in [0.5, 0.6) is 0 Å². The van der Waals surface area contributed by atoms with E-state index in [9.17, 15) is 0 Å². The highest BCUT2D eigenvalue weighted by molar-refractivity contribution is 9.11. The van der Waals surface area contributed by atoms with Crippen molar-refractivity contribution in [3.8, 4) is 0 Å². The van der Waals surface area contributed by atoms with Crippen LogP contribution in [-0.2, 0) is 4.74 Å². The van der Waals surface area contributed by atoms with Gasteiger partial charge in [-0.3, -0.25) is 4.90 Å². The number of fused-ring (bicyclic) bond motifs is 1. The zero-order chi connectivity index (χ0) is 13.8. The Labute approximate surface area is 126 Å². The second-order valence-corrected chi connectivity index (χ2v) is 6.63. The standard InChI is InChI=1S/C13H18BrN3OS/c1-3-5-17-10(8-15)9-7-11(14)19-12(9)16-13(17)18-6-4-2/h7-8H,3-6,15H2,1-2H3/b10-8+. The first-order valence-electron chi connectivity index (χ1n) is 6.41. The first-order chi connectivity index (χ1) is 9.21. The van der Waals surface area contributed by atoms with Crippen molar-refractivity contribution < 1.29 is 4.74 Å². The number of hydrogen-bond acceptors (Lipinski definition) is 5. The van der Waals surface area contributed by atoms with Crippen LogP contribution in [0, 0.1) is 0 Å². The Bertz CT molecular complexity index is 510. The molecule has 1 aliphatic rings. The summed E-state index contributed by atoms with van der Waals surface area (Å²) < 4.78 is 6.82. The van der Waals surface area contributed by atoms with Crippen LogP contribution in [0.4, 0.5) is 5.00 Å². The topological polar surface area (TPSA) is 50.9 Å². The number of amidine groups is 1. The molecule has 1 aromatic heterocycles. The summed E-state index contributed by atoms with van der Waals surface area (Å²) in [6, 6.07) is 2.71. The average molecular weight is 344 g/mol. The fourth-order valence-corrected chi connectivity index (χ4v) is 3.38. The molecule has 0 saturated carbocycles. The van der Waals surface area contributed by atoms with Gasteiger partial charge in [0.15, 0.2) is 0 Å². The molecular weight excluding hydrogens is 326 g/mol. The molecule has 1 aliphatic heterocycles. The second kappa shape index (κ2) is 6.43. The van der Waals surface area contributed by atoms with E-state index in [0.717, 1.165) is 39.4 Å². The number of halogens is 1. The van der Waals surface area contributed by atoms with E-state index in [1.165, 1.54) is 0 Å². The van der Waals surface area contributed by atoms with Crippen molar-refractivity contribution >= 4 is 44.0 Å². The zero-order valence-corrected chi connectivity index (χ0v) is 13.6. The molecule has 4 nitrogen and oxygen atoms in total. The third-order valence-electron chi connectivity index (χ3n) is 2.72. The van der Waals surface area contributed by atoms with E-state index >= 15 is 0 Å². The monoisotopic (exact) mass is 343 g/mol. The van der Waals surface area contributed by atoms with Gasteiger partial charge in [-0.15, -0.1) is 11.3 Å². The predicted octanol–water partition coefficient (Wildman–Crippen LogP) is 3.91. The van der Waals surface area contributed by atoms with E-state index in [2.05, 4.69) is 45.7 Å². The average Bonchev–Trinajstić information content (AvgIpc) is 2.76. The van der Waals surface area contributed by atoms with Crippen molar-refractivity contribution in [2.24, 2.45) is 10.7 Å². The van der Waals surface area contributed by atoms with Gasteiger partial charge < -0.3 is 10.5 Å². The van der Waals surface area contributed by atoms with Gasteiger partial charge in [0.1, 0.15) is 5.00 Å². The summed E-state index contributed by atoms with van der Waals surface area (Å²) in [6.07, 6.45) is 3.60. The molecule has 0 amide bonds. The highest BCUT2D eigenvalue weighted by atomic mass is 79.9. The van der Waals surface area contributed by atoms with Gasteiger partial charge in [-0.1, -0.05) is 13.8 Å². The fourth-order valence-electron chi connectivity index (χ4n) is 1.94. The van der Waals surface area contributed by atoms with Crippen LogP contribution in [0.1, 0.15) is 32.3 Å². The lowest BCUT2D eigenvalue weighted by Crippen LogP contribution is -2.34. The van der Waals surface area contributed by atoms with Gasteiger partial charge in [0.2, 0.25) is 0 Å². The van der Waals surface area contributed by atoms with E-state index < -0.39 is 0 Å². The maximum Gasteiger partial charge on any atom is 0.298 e. The van der Waals surface area contributed by atoms with E-state index in [0.29, 0.717) is 12.6 Å². The van der Waals surface area contributed by atoms with E-state index in [4.69, 9.17) is 10.5 Å². The van der Waals surface area contributed by atoms with Crippen molar-refractivity contribution in [2.45, 2.75) is 26.7 Å². The number of rotatable bonds is 4. The molecule has 19 heavy (non-hydrogen) atoms. The van der Waals surface area contributed by atoms with Crippen molar-refractivity contribution in [3.63, 3.8) is 0 Å². The maximum absolute atomic E-state index is 5.81. The Hall–Kier alpha value is -1.01. The lowest BCUT2D eigenvalue weighted by Gasteiger charge is -2.30. The molecule has 0 aromatic carbocycles. The molecule has 0 spiro atoms. The van der Waals surface area contributed by atoms with E-state index in [-0.39, 0.29) is 0 Å². The Kier molecular flexibility index (Phi) is 4.87. The first kappa shape index (κ1) is 14.4. The predicted molar refractivity (Wildman–Crippen MR) is 84.5 cm³/mol. The minimum absolute atomic E-state index is 0.655. The molecule has 2 rings (SSSR count). The summed E-state index contributed by atoms with van der Waals surface area (Å²) in [5.74, 6) is 0. The summed E-state index contributed by atoms with van der Waals surface area (Å²) in [7, 11) is 0. The van der Waals surface area contributed by atoms with Gasteiger partial charge in [0.05, 0.1) is 16.1 Å². The smallest absolute Gasteiger partial charge is 0.298 e. The van der Waals surface area contributed by atoms with Gasteiger partial charge >= 0.3 is 0 Å². The van der Waals surface area contributed by atoms with Crippen molar-refractivity contribution in [2.75, 3.05) is 13.2 Å². The molecule has 0 bridgehead atoms. The molecule has 2 heterocycles. The lowest BCUT2D eigenvalue weighted by atomic mass is 10.2. The van der Waals surface area contributed by atoms with Crippen molar-refractivity contribution in [1.29, 1.82) is 0 Å². The third kappa shape index (κ3) is 2.95. The molecule has 0 atom stereocenters. The molecule has 0 fully saturated rings. The van der Waals surface area contributed by atoms with Crippen LogP contribution in [0.15, 0.2) is 21.0 Å². The van der Waals surface area contributed by atoms with Crippen LogP contribution >= 0.6 is 27.3 Å². The van der Waals surface area contributed by atoms with Crippen LogP contribution in [0.2, 0.25) is 0 Å². The highest BCUT2D eigenvalue weighted by Gasteiger charge is 2.27. The highest BCUT2D eigenvalue weighted by Crippen LogP contribution is 2.42. The third-order valence-corrected chi connectivity index (χ3v) is 4.25. The van der Waals surface area contributed by atoms with Gasteiger partial charge in [-0.25, -0.2) is 0 Å². The Balaban J connectivity index is 2.41. The maximum atomic E-state index is 5.81. The van der Waals surface area contributed by atoms with Crippen molar-refractivity contribution in [3.05, 3.63) is 21.6 Å². The SMILES string of the molecule is CCCOC1=Nc2sc(Br)cc2/C(=C\N)N1CCC. The number of hydrogen-bond donors (Lipinski definition) is 1. The van der Waals surface area contributed by atoms with Crippen LogP contribution in [0.25, 0.3) is 5.70 Å². The van der Waals surface area contributed by atoms with Crippen molar-refractivity contribution in [1.82, 2.24) is 4.90 Å². The zero-order valence-electron chi connectivity index (χ0n) is 11.1. The molecule has 0 saturated heterocycles. The van der Waals surface area contributed by atoms with E-state index in [1.54, 1.807) is 17.5 Å². The summed E-state index contributed by atoms with van der Waals surface area (Å²) in [5.41, 5.74) is 7.85. The second-order valence-electron chi connectivity index (χ2n) is 4.22. The van der Waals surface area contributed by atoms with Gasteiger partial charge in [0, 0.05) is 18.3 Å². The number of aliphatic imine (C=N–C) groups is 1. The molecular formula is C13H18BrN3OS. The minimum atomic E-state index is 0.655. The summed E-state index contributed by atoms with van der Waals surface area (Å²) >= 11 is 5.10. The molecule has 6 heteroatoms. The van der Waals surface area contributed by atoms with Gasteiger partial charge in [-0.05, 0) is 34.8 Å². The summed E-state index contributed by atoms with van der Waals surface area (Å²) in [4.78, 5) is 6.67. The Morgan fingerprint density at radius 3 is 2.89 bits per heavy atom. The molecule has 0 radical (unpaired) electrons. The number of ether oxygens (including phenoxy) is 1. The summed E-state index contributed by atoms with van der Waals surface area (Å²) in [6.45, 7) is 5.72. The number of thiophene rings is 1. The minimum Gasteiger partial charge on any atom is -0.465 e. The molecule has 104 valence electrons. The van der Waals surface area contributed by atoms with Gasteiger partial charge in [0.25, 0.3) is 6.02 Å². The molecule has 0 aliphatic carbocycles.